The maximum Gasteiger partial charge on any atom is 0.289 e. The van der Waals surface area contributed by atoms with Gasteiger partial charge >= 0.3 is 0 Å². The van der Waals surface area contributed by atoms with Crippen molar-refractivity contribution < 1.29 is 36.9 Å². The summed E-state index contributed by atoms with van der Waals surface area (Å²) in [6.45, 7) is 3.87. The number of aliphatic hydroxyl groups excluding tert-OH is 1. The molecule has 2 saturated carbocycles. The monoisotopic (exact) mass is 533 g/mol. The summed E-state index contributed by atoms with van der Waals surface area (Å²) < 4.78 is 36.9. The van der Waals surface area contributed by atoms with E-state index in [0.29, 0.717) is 33.6 Å². The molecule has 0 radical (unpaired) electrons. The Bertz CT molecular complexity index is 1390. The number of amides is 2. The fourth-order valence-corrected chi connectivity index (χ4v) is 8.44. The van der Waals surface area contributed by atoms with Crippen LogP contribution in [0.4, 0.5) is 0 Å². The Kier molecular flexibility index (Phi) is 6.27. The number of ether oxygens (including phenoxy) is 1. The van der Waals surface area contributed by atoms with E-state index in [2.05, 4.69) is 0 Å². The van der Waals surface area contributed by atoms with Gasteiger partial charge in [0.2, 0.25) is 0 Å². The van der Waals surface area contributed by atoms with Gasteiger partial charge in [0.1, 0.15) is 5.78 Å². The molecular weight excluding hydrogens is 506 g/mol. The van der Waals surface area contributed by atoms with Crippen LogP contribution in [0.1, 0.15) is 53.8 Å². The molecular formula is C25H27NO8S2. The Morgan fingerprint density at radius 1 is 1.14 bits per heavy atom. The molecule has 36 heavy (non-hydrogen) atoms. The van der Waals surface area contributed by atoms with Crippen LogP contribution in [0, 0.1) is 16.7 Å². The topological polar surface area (TPSA) is 127 Å². The van der Waals surface area contributed by atoms with E-state index in [1.165, 1.54) is 17.8 Å². The molecule has 1 aliphatic heterocycles. The number of imide groups is 1. The van der Waals surface area contributed by atoms with Crippen LogP contribution in [0.25, 0.3) is 10.8 Å². The summed E-state index contributed by atoms with van der Waals surface area (Å²) in [7, 11) is -4.47. The lowest BCUT2D eigenvalue weighted by Gasteiger charge is -2.36. The lowest BCUT2D eigenvalue weighted by molar-refractivity contribution is -0.128. The van der Waals surface area contributed by atoms with Crippen molar-refractivity contribution >= 4 is 50.3 Å². The third-order valence-corrected chi connectivity index (χ3v) is 10.2. The first-order valence-corrected chi connectivity index (χ1v) is 14.3. The third kappa shape index (κ3) is 3.88. The lowest BCUT2D eigenvalue weighted by Crippen LogP contribution is -2.46. The number of Topliss-reactive ketones (excluding diaryl/α,β-unsaturated/α-hetero) is 1. The highest BCUT2D eigenvalue weighted by atomic mass is 32.2. The minimum Gasteiger partial charge on any atom is -0.394 e. The van der Waals surface area contributed by atoms with Crippen molar-refractivity contribution in [2.24, 2.45) is 16.7 Å². The number of hydroxylamine groups is 2. The number of nitrogens with zero attached hydrogens (tertiary/aromatic N) is 1. The maximum atomic E-state index is 13.4. The number of carbonyl (C=O) groups excluding carboxylic acids is 3. The van der Waals surface area contributed by atoms with Crippen molar-refractivity contribution in [3.63, 3.8) is 0 Å². The largest absolute Gasteiger partial charge is 0.394 e. The average Bonchev–Trinajstić information content (AvgIpc) is 3.17. The molecule has 5 rings (SSSR count). The van der Waals surface area contributed by atoms with Crippen LogP contribution < -0.4 is 0 Å². The van der Waals surface area contributed by atoms with Gasteiger partial charge in [-0.1, -0.05) is 37.7 Å². The first-order chi connectivity index (χ1) is 17.0. The highest BCUT2D eigenvalue weighted by Gasteiger charge is 2.65. The molecule has 11 heteroatoms. The molecule has 2 bridgehead atoms. The molecule has 0 spiro atoms. The second-order valence-corrected chi connectivity index (χ2v) is 12.7. The summed E-state index contributed by atoms with van der Waals surface area (Å²) in [6.07, 6.45) is 1.53. The van der Waals surface area contributed by atoms with E-state index in [0.717, 1.165) is 6.42 Å². The van der Waals surface area contributed by atoms with Gasteiger partial charge in [-0.25, -0.2) is 0 Å². The van der Waals surface area contributed by atoms with Gasteiger partial charge in [0.05, 0.1) is 41.4 Å². The Balaban J connectivity index is 1.45. The van der Waals surface area contributed by atoms with Gasteiger partial charge in [-0.05, 0) is 47.8 Å². The van der Waals surface area contributed by atoms with Crippen molar-refractivity contribution in [3.8, 4) is 0 Å². The highest BCUT2D eigenvalue weighted by molar-refractivity contribution is 7.99. The van der Waals surface area contributed by atoms with E-state index in [4.69, 9.17) is 14.1 Å². The van der Waals surface area contributed by atoms with Crippen LogP contribution in [0.2, 0.25) is 0 Å². The van der Waals surface area contributed by atoms with Crippen molar-refractivity contribution in [1.82, 2.24) is 5.06 Å². The van der Waals surface area contributed by atoms with E-state index in [1.54, 1.807) is 18.2 Å². The molecule has 0 saturated heterocycles. The van der Waals surface area contributed by atoms with Crippen LogP contribution in [0.15, 0.2) is 35.2 Å². The van der Waals surface area contributed by atoms with Crippen LogP contribution in [0.3, 0.4) is 0 Å². The van der Waals surface area contributed by atoms with Crippen molar-refractivity contribution in [1.29, 1.82) is 0 Å². The van der Waals surface area contributed by atoms with Gasteiger partial charge in [-0.15, -0.1) is 9.35 Å². The Labute approximate surface area is 213 Å². The molecule has 0 aromatic heterocycles. The fraction of sp³-hybridized carbons (Fsp3) is 0.480. The number of thioether (sulfide) groups is 1. The Morgan fingerprint density at radius 2 is 1.89 bits per heavy atom. The minimum absolute atomic E-state index is 0.104. The van der Waals surface area contributed by atoms with Gasteiger partial charge in [0.25, 0.3) is 21.9 Å². The van der Waals surface area contributed by atoms with Crippen LogP contribution in [0.5, 0.6) is 0 Å². The molecule has 3 aliphatic rings. The third-order valence-electron chi connectivity index (χ3n) is 8.08. The fourth-order valence-electron chi connectivity index (χ4n) is 5.99. The normalized spacial score (nSPS) is 24.8. The number of ketones is 1. The van der Waals surface area contributed by atoms with Crippen molar-refractivity contribution in [3.05, 3.63) is 41.5 Å². The maximum absolute atomic E-state index is 13.4. The minimum atomic E-state index is -4.47. The van der Waals surface area contributed by atoms with E-state index in [1.807, 2.05) is 19.9 Å². The quantitative estimate of drug-likeness (QED) is 0.224. The molecule has 2 atom stereocenters. The zero-order valence-electron chi connectivity index (χ0n) is 20.0. The second kappa shape index (κ2) is 8.91. The zero-order valence-corrected chi connectivity index (χ0v) is 21.6. The molecule has 192 valence electrons. The summed E-state index contributed by atoms with van der Waals surface area (Å²) >= 11 is 1.29. The molecule has 2 fully saturated rings. The summed E-state index contributed by atoms with van der Waals surface area (Å²) in [5.41, 5.74) is -1.31. The molecule has 9 nitrogen and oxygen atoms in total. The standard InChI is InChI=1S/C25H27NO8S2/c1-24(2)16-6-7-25(24,20(28)11-16)13-36(31,32)34-26-22(29)18-5-3-4-15-10-17(35-14-33-9-8-27)12-19(21(15)18)23(26)30/h3-5,10,12,16,27H,6-9,11,13-14H2,1-2H3. The summed E-state index contributed by atoms with van der Waals surface area (Å²) in [4.78, 5) is 40.1. The first-order valence-electron chi connectivity index (χ1n) is 11.7. The summed E-state index contributed by atoms with van der Waals surface area (Å²) in [5, 5.41) is 10.3. The number of rotatable bonds is 9. The van der Waals surface area contributed by atoms with Gasteiger partial charge in [-0.2, -0.15) is 8.42 Å². The summed E-state index contributed by atoms with van der Waals surface area (Å²) in [6, 6.07) is 8.31. The predicted molar refractivity (Wildman–Crippen MR) is 132 cm³/mol. The van der Waals surface area contributed by atoms with Gasteiger partial charge in [0.15, 0.2) is 0 Å². The van der Waals surface area contributed by atoms with Crippen molar-refractivity contribution in [2.75, 3.05) is 24.9 Å². The smallest absolute Gasteiger partial charge is 0.289 e. The number of hydrogen-bond acceptors (Lipinski definition) is 9. The predicted octanol–water partition coefficient (Wildman–Crippen LogP) is 3.15. The number of fused-ring (bicyclic) bond motifs is 2. The molecule has 1 N–H and O–H groups in total. The van der Waals surface area contributed by atoms with E-state index in [-0.39, 0.29) is 42.0 Å². The van der Waals surface area contributed by atoms with Gasteiger partial charge in [0, 0.05) is 16.7 Å². The molecule has 2 aromatic rings. The number of hydrogen-bond donors (Lipinski definition) is 1. The Morgan fingerprint density at radius 3 is 2.56 bits per heavy atom. The molecule has 2 unspecified atom stereocenters. The van der Waals surface area contributed by atoms with E-state index < -0.39 is 38.5 Å². The van der Waals surface area contributed by atoms with E-state index in [9.17, 15) is 22.8 Å². The van der Waals surface area contributed by atoms with Gasteiger partial charge in [-0.3, -0.25) is 14.4 Å². The van der Waals surface area contributed by atoms with Crippen LogP contribution in [-0.4, -0.2) is 61.1 Å². The zero-order chi connectivity index (χ0) is 25.9. The molecule has 2 amide bonds. The van der Waals surface area contributed by atoms with Gasteiger partial charge < -0.3 is 9.84 Å². The summed E-state index contributed by atoms with van der Waals surface area (Å²) in [5.74, 6) is -2.08. The first kappa shape index (κ1) is 25.3. The van der Waals surface area contributed by atoms with Crippen LogP contribution >= 0.6 is 11.8 Å². The molecule has 1 heterocycles. The number of aliphatic hydroxyl groups is 1. The highest BCUT2D eigenvalue weighted by Crippen LogP contribution is 2.64. The van der Waals surface area contributed by atoms with E-state index >= 15 is 0 Å². The SMILES string of the molecule is CC1(C)C2CCC1(CS(=O)(=O)ON1C(=O)c3cccc4cc(SCOCCO)cc(c34)C1=O)C(=O)C2. The molecule has 2 aliphatic carbocycles. The lowest BCUT2D eigenvalue weighted by atomic mass is 9.70. The molecule has 2 aromatic carbocycles. The number of benzene rings is 2. The second-order valence-electron chi connectivity index (χ2n) is 10.1. The van der Waals surface area contributed by atoms with Crippen molar-refractivity contribution in [2.45, 2.75) is 38.0 Å². The average molecular weight is 534 g/mol. The van der Waals surface area contributed by atoms with Crippen LogP contribution in [-0.2, 0) is 23.9 Å². The number of carbonyl (C=O) groups is 3. The Hall–Kier alpha value is -2.31.